The summed E-state index contributed by atoms with van der Waals surface area (Å²) in [6, 6.07) is 6.49. The summed E-state index contributed by atoms with van der Waals surface area (Å²) < 4.78 is 36.9. The molecule has 1 aromatic heterocycles. The lowest BCUT2D eigenvalue weighted by molar-refractivity contribution is -0.139. The number of carbonyl (C=O) groups is 1. The van der Waals surface area contributed by atoms with Gasteiger partial charge in [0.15, 0.2) is 6.61 Å². The van der Waals surface area contributed by atoms with Crippen LogP contribution < -0.4 is 10.4 Å². The molecule has 2 aromatic rings. The van der Waals surface area contributed by atoms with E-state index in [4.69, 9.17) is 9.15 Å². The molecule has 7 heteroatoms. The number of hydrogen-bond acceptors (Lipinski definition) is 4. The number of ether oxygens (including phenoxy) is 1. The maximum atomic E-state index is 13.1. The summed E-state index contributed by atoms with van der Waals surface area (Å²) in [5, 5.41) is 0.819. The molecule has 1 aromatic carbocycles. The summed E-state index contributed by atoms with van der Waals surface area (Å²) >= 11 is 0. The Hall–Kier alpha value is -2.44. The van der Waals surface area contributed by atoms with E-state index in [1.807, 2.05) is 6.92 Å². The molecule has 0 aliphatic carbocycles. The number of hydrogen-bond donors (Lipinski definition) is 0. The second-order valence-electron chi connectivity index (χ2n) is 6.13. The number of piperidine rings is 1. The zero-order valence-corrected chi connectivity index (χ0v) is 13.9. The first-order valence-corrected chi connectivity index (χ1v) is 8.23. The molecule has 1 aliphatic rings. The number of aryl methyl sites for hydroxylation is 1. The van der Waals surface area contributed by atoms with Crippen molar-refractivity contribution in [2.75, 3.05) is 19.7 Å². The Morgan fingerprint density at radius 1 is 1.28 bits per heavy atom. The van der Waals surface area contributed by atoms with Gasteiger partial charge in [0, 0.05) is 43.5 Å². The molecule has 2 heterocycles. The molecule has 1 saturated heterocycles. The summed E-state index contributed by atoms with van der Waals surface area (Å²) in [6.45, 7) is 1.76. The normalized spacial score (nSPS) is 16.8. The van der Waals surface area contributed by atoms with Crippen LogP contribution >= 0.6 is 0 Å². The molecule has 0 unspecified atom stereocenters. The Morgan fingerprint density at radius 3 is 2.68 bits per heavy atom. The highest BCUT2D eigenvalue weighted by Gasteiger charge is 2.35. The molecule has 3 rings (SSSR count). The molecule has 0 N–H and O–H groups in total. The van der Waals surface area contributed by atoms with E-state index in [0.29, 0.717) is 17.8 Å². The number of rotatable bonds is 4. The number of amides is 1. The Morgan fingerprint density at radius 2 is 2.00 bits per heavy atom. The van der Waals surface area contributed by atoms with Crippen LogP contribution in [0.15, 0.2) is 33.5 Å². The molecule has 25 heavy (non-hydrogen) atoms. The first-order chi connectivity index (χ1) is 11.9. The van der Waals surface area contributed by atoms with Gasteiger partial charge >= 0.3 is 5.63 Å². The van der Waals surface area contributed by atoms with Crippen molar-refractivity contribution in [1.82, 2.24) is 4.90 Å². The van der Waals surface area contributed by atoms with E-state index in [1.165, 1.54) is 11.0 Å². The van der Waals surface area contributed by atoms with Gasteiger partial charge in [-0.1, -0.05) is 6.92 Å². The fourth-order valence-electron chi connectivity index (χ4n) is 2.91. The number of nitrogens with zero attached hydrogens (tertiary/aromatic N) is 1. The minimum atomic E-state index is -2.69. The summed E-state index contributed by atoms with van der Waals surface area (Å²) in [7, 11) is 0. The highest BCUT2D eigenvalue weighted by Crippen LogP contribution is 2.28. The van der Waals surface area contributed by atoms with Gasteiger partial charge in [0.1, 0.15) is 11.3 Å². The topological polar surface area (TPSA) is 59.8 Å². The Labute approximate surface area is 143 Å². The van der Waals surface area contributed by atoms with Crippen LogP contribution in [0.1, 0.15) is 25.3 Å². The van der Waals surface area contributed by atoms with Gasteiger partial charge in [0.05, 0.1) is 0 Å². The number of likely N-dealkylation sites (tertiary alicyclic amines) is 1. The van der Waals surface area contributed by atoms with Crippen LogP contribution in [0.2, 0.25) is 0 Å². The lowest BCUT2D eigenvalue weighted by Gasteiger charge is -2.31. The number of carbonyl (C=O) groups excluding carboxylic acids is 1. The summed E-state index contributed by atoms with van der Waals surface area (Å²) in [5.41, 5.74) is 0.835. The van der Waals surface area contributed by atoms with E-state index in [1.54, 1.807) is 18.2 Å². The van der Waals surface area contributed by atoms with E-state index < -0.39 is 11.5 Å². The lowest BCUT2D eigenvalue weighted by Crippen LogP contribution is -2.44. The van der Waals surface area contributed by atoms with Crippen LogP contribution in [0.5, 0.6) is 5.75 Å². The molecule has 0 atom stereocenters. The van der Waals surface area contributed by atoms with Crippen molar-refractivity contribution < 1.29 is 22.7 Å². The lowest BCUT2D eigenvalue weighted by atomic mass is 10.1. The van der Waals surface area contributed by atoms with Gasteiger partial charge < -0.3 is 14.1 Å². The van der Waals surface area contributed by atoms with E-state index in [2.05, 4.69) is 0 Å². The first kappa shape index (κ1) is 17.4. The number of fused-ring (bicyclic) bond motifs is 1. The predicted molar refractivity (Wildman–Crippen MR) is 88.1 cm³/mol. The van der Waals surface area contributed by atoms with Gasteiger partial charge in [-0.15, -0.1) is 0 Å². The Balaban J connectivity index is 1.67. The summed E-state index contributed by atoms with van der Waals surface area (Å²) in [4.78, 5) is 25.0. The molecular weight excluding hydrogens is 332 g/mol. The zero-order valence-electron chi connectivity index (χ0n) is 13.9. The molecule has 1 aliphatic heterocycles. The molecular formula is C18H19F2NO4. The van der Waals surface area contributed by atoms with Gasteiger partial charge in [0.2, 0.25) is 0 Å². The third kappa shape index (κ3) is 3.97. The van der Waals surface area contributed by atoms with Crippen molar-refractivity contribution >= 4 is 16.9 Å². The van der Waals surface area contributed by atoms with Crippen LogP contribution in [-0.4, -0.2) is 36.4 Å². The predicted octanol–water partition coefficient (Wildman–Crippen LogP) is 2.99. The van der Waals surface area contributed by atoms with E-state index >= 15 is 0 Å². The molecule has 5 nitrogen and oxygen atoms in total. The smallest absolute Gasteiger partial charge is 0.336 e. The summed E-state index contributed by atoms with van der Waals surface area (Å²) in [6.07, 6.45) is 0.0553. The second kappa shape index (κ2) is 6.82. The van der Waals surface area contributed by atoms with Crippen molar-refractivity contribution in [2.24, 2.45) is 0 Å². The summed E-state index contributed by atoms with van der Waals surface area (Å²) in [5.74, 6) is -2.64. The van der Waals surface area contributed by atoms with Gasteiger partial charge in [-0.05, 0) is 24.1 Å². The fourth-order valence-corrected chi connectivity index (χ4v) is 2.91. The molecule has 0 bridgehead atoms. The fraction of sp³-hybridized carbons (Fsp3) is 0.444. The van der Waals surface area contributed by atoms with Crippen molar-refractivity contribution in [3.05, 3.63) is 40.2 Å². The number of halogens is 2. The van der Waals surface area contributed by atoms with Gasteiger partial charge in [-0.25, -0.2) is 13.6 Å². The van der Waals surface area contributed by atoms with E-state index in [-0.39, 0.29) is 38.4 Å². The van der Waals surface area contributed by atoms with Crippen LogP contribution in [0.25, 0.3) is 11.0 Å². The van der Waals surface area contributed by atoms with Gasteiger partial charge in [-0.2, -0.15) is 0 Å². The quantitative estimate of drug-likeness (QED) is 0.795. The molecule has 1 fully saturated rings. The van der Waals surface area contributed by atoms with Crippen molar-refractivity contribution in [1.29, 1.82) is 0 Å². The van der Waals surface area contributed by atoms with Crippen LogP contribution in [0.4, 0.5) is 8.78 Å². The maximum absolute atomic E-state index is 13.1. The minimum absolute atomic E-state index is 0.0294. The molecule has 0 spiro atoms. The molecule has 0 radical (unpaired) electrons. The largest absolute Gasteiger partial charge is 0.484 e. The monoisotopic (exact) mass is 351 g/mol. The third-order valence-corrected chi connectivity index (χ3v) is 4.39. The molecule has 1 amide bonds. The SMILES string of the molecule is CCc1cc(=O)oc2cc(OCC(=O)N3CCC(F)(F)CC3)ccc12. The highest BCUT2D eigenvalue weighted by atomic mass is 19.3. The highest BCUT2D eigenvalue weighted by molar-refractivity contribution is 5.82. The van der Waals surface area contributed by atoms with Crippen LogP contribution in [0.3, 0.4) is 0 Å². The zero-order chi connectivity index (χ0) is 18.0. The second-order valence-corrected chi connectivity index (χ2v) is 6.13. The first-order valence-electron chi connectivity index (χ1n) is 8.23. The van der Waals surface area contributed by atoms with Crippen LogP contribution in [-0.2, 0) is 11.2 Å². The van der Waals surface area contributed by atoms with Gasteiger partial charge in [0.25, 0.3) is 11.8 Å². The van der Waals surface area contributed by atoms with Crippen molar-refractivity contribution in [3.8, 4) is 5.75 Å². The van der Waals surface area contributed by atoms with E-state index in [0.717, 1.165) is 10.9 Å². The van der Waals surface area contributed by atoms with Crippen molar-refractivity contribution in [2.45, 2.75) is 32.1 Å². The standard InChI is InChI=1S/C18H19F2NO4/c1-2-12-9-17(23)25-15-10-13(3-4-14(12)15)24-11-16(22)21-7-5-18(19,20)6-8-21/h3-4,9-10H,2,5-8,11H2,1H3. The van der Waals surface area contributed by atoms with Crippen molar-refractivity contribution in [3.63, 3.8) is 0 Å². The third-order valence-electron chi connectivity index (χ3n) is 4.39. The average Bonchev–Trinajstić information content (AvgIpc) is 2.58. The molecule has 0 saturated carbocycles. The van der Waals surface area contributed by atoms with Crippen LogP contribution in [0, 0.1) is 0 Å². The molecule has 134 valence electrons. The Kier molecular flexibility index (Phi) is 4.74. The average molecular weight is 351 g/mol. The minimum Gasteiger partial charge on any atom is -0.484 e. The number of alkyl halides is 2. The maximum Gasteiger partial charge on any atom is 0.336 e. The Bertz CT molecular complexity index is 837. The number of benzene rings is 1. The van der Waals surface area contributed by atoms with E-state index in [9.17, 15) is 18.4 Å². The van der Waals surface area contributed by atoms with Gasteiger partial charge in [-0.3, -0.25) is 4.79 Å².